The molecule has 0 spiro atoms. The first kappa shape index (κ1) is 15.0. The van der Waals surface area contributed by atoms with Gasteiger partial charge >= 0.3 is 0 Å². The van der Waals surface area contributed by atoms with E-state index in [2.05, 4.69) is 10.6 Å². The molecule has 21 heavy (non-hydrogen) atoms. The Hall–Kier alpha value is -2.36. The minimum absolute atomic E-state index is 0.106. The molecule has 0 fully saturated rings. The highest BCUT2D eigenvalue weighted by Crippen LogP contribution is 2.21. The van der Waals surface area contributed by atoms with E-state index in [9.17, 15) is 9.18 Å². The van der Waals surface area contributed by atoms with Crippen LogP contribution in [-0.4, -0.2) is 5.91 Å². The van der Waals surface area contributed by atoms with Crippen LogP contribution in [0.15, 0.2) is 36.4 Å². The topological polar surface area (TPSA) is 41.1 Å². The van der Waals surface area contributed by atoms with Crippen LogP contribution in [0.4, 0.5) is 15.8 Å². The van der Waals surface area contributed by atoms with Crippen LogP contribution >= 0.6 is 0 Å². The van der Waals surface area contributed by atoms with Gasteiger partial charge in [0.25, 0.3) is 0 Å². The lowest BCUT2D eigenvalue weighted by molar-refractivity contribution is -0.114. The molecule has 0 heterocycles. The van der Waals surface area contributed by atoms with Crippen molar-refractivity contribution >= 4 is 17.3 Å². The lowest BCUT2D eigenvalue weighted by Crippen LogP contribution is -2.07. The normalized spacial score (nSPS) is 10.3. The number of aryl methyl sites for hydroxylation is 2. The van der Waals surface area contributed by atoms with Crippen LogP contribution in [0.25, 0.3) is 0 Å². The molecule has 0 aromatic heterocycles. The number of hydrogen-bond donors (Lipinski definition) is 2. The molecule has 0 radical (unpaired) electrons. The Kier molecular flexibility index (Phi) is 4.58. The molecule has 4 heteroatoms. The van der Waals surface area contributed by atoms with Crippen LogP contribution in [0.1, 0.15) is 23.6 Å². The summed E-state index contributed by atoms with van der Waals surface area (Å²) in [6.07, 6.45) is 0. The fraction of sp³-hybridized carbons (Fsp3) is 0.235. The largest absolute Gasteiger partial charge is 0.381 e. The summed E-state index contributed by atoms with van der Waals surface area (Å²) < 4.78 is 13.3. The fourth-order valence-corrected chi connectivity index (χ4v) is 2.11. The first-order chi connectivity index (χ1) is 9.95. The smallest absolute Gasteiger partial charge is 0.221 e. The Morgan fingerprint density at radius 1 is 1.10 bits per heavy atom. The van der Waals surface area contributed by atoms with Gasteiger partial charge in [-0.25, -0.2) is 4.39 Å². The first-order valence-corrected chi connectivity index (χ1v) is 6.83. The third kappa shape index (κ3) is 4.05. The molecule has 1 amide bonds. The first-order valence-electron chi connectivity index (χ1n) is 6.83. The molecule has 0 aliphatic heterocycles. The molecule has 0 bridgehead atoms. The van der Waals surface area contributed by atoms with E-state index in [-0.39, 0.29) is 11.7 Å². The number of carbonyl (C=O) groups excluding carboxylic acids is 1. The van der Waals surface area contributed by atoms with E-state index < -0.39 is 0 Å². The standard InChI is InChI=1S/C17H19FN2O/c1-11-4-6-15(18)8-14(11)10-19-17-9-16(20-13(3)21)7-5-12(17)2/h4-9,19H,10H2,1-3H3,(H,20,21). The van der Waals surface area contributed by atoms with Gasteiger partial charge in [-0.2, -0.15) is 0 Å². The summed E-state index contributed by atoms with van der Waals surface area (Å²) in [5.41, 5.74) is 4.69. The number of hydrogen-bond acceptors (Lipinski definition) is 2. The van der Waals surface area contributed by atoms with E-state index >= 15 is 0 Å². The van der Waals surface area contributed by atoms with Crippen molar-refractivity contribution in [2.75, 3.05) is 10.6 Å². The van der Waals surface area contributed by atoms with E-state index in [0.717, 1.165) is 28.1 Å². The van der Waals surface area contributed by atoms with Crippen LogP contribution in [0.3, 0.4) is 0 Å². The Bertz CT molecular complexity index is 668. The highest BCUT2D eigenvalue weighted by atomic mass is 19.1. The molecule has 3 nitrogen and oxygen atoms in total. The lowest BCUT2D eigenvalue weighted by Gasteiger charge is -2.13. The van der Waals surface area contributed by atoms with Crippen molar-refractivity contribution in [1.29, 1.82) is 0 Å². The van der Waals surface area contributed by atoms with E-state index in [1.807, 2.05) is 32.0 Å². The molecule has 110 valence electrons. The minimum Gasteiger partial charge on any atom is -0.381 e. The maximum Gasteiger partial charge on any atom is 0.221 e. The van der Waals surface area contributed by atoms with Gasteiger partial charge in [-0.15, -0.1) is 0 Å². The SMILES string of the molecule is CC(=O)Nc1ccc(C)c(NCc2cc(F)ccc2C)c1. The van der Waals surface area contributed by atoms with Crippen molar-refractivity contribution in [1.82, 2.24) is 0 Å². The van der Waals surface area contributed by atoms with Crippen LogP contribution in [-0.2, 0) is 11.3 Å². The second-order valence-electron chi connectivity index (χ2n) is 5.14. The average molecular weight is 286 g/mol. The van der Waals surface area contributed by atoms with Gasteiger partial charge in [0.15, 0.2) is 0 Å². The number of benzene rings is 2. The number of amides is 1. The summed E-state index contributed by atoms with van der Waals surface area (Å²) in [4.78, 5) is 11.1. The summed E-state index contributed by atoms with van der Waals surface area (Å²) in [6.45, 7) is 5.95. The molecular weight excluding hydrogens is 267 g/mol. The Morgan fingerprint density at radius 3 is 2.52 bits per heavy atom. The van der Waals surface area contributed by atoms with Crippen molar-refractivity contribution in [3.8, 4) is 0 Å². The van der Waals surface area contributed by atoms with Gasteiger partial charge in [-0.1, -0.05) is 12.1 Å². The zero-order valence-corrected chi connectivity index (χ0v) is 12.5. The predicted molar refractivity (Wildman–Crippen MR) is 83.9 cm³/mol. The molecule has 2 N–H and O–H groups in total. The van der Waals surface area contributed by atoms with Crippen molar-refractivity contribution in [2.45, 2.75) is 27.3 Å². The monoisotopic (exact) mass is 286 g/mol. The molecule has 2 aromatic rings. The van der Waals surface area contributed by atoms with Crippen molar-refractivity contribution in [2.24, 2.45) is 0 Å². The number of anilines is 2. The Labute approximate surface area is 124 Å². The molecule has 0 saturated carbocycles. The molecule has 2 aromatic carbocycles. The minimum atomic E-state index is -0.235. The summed E-state index contributed by atoms with van der Waals surface area (Å²) in [5, 5.41) is 6.05. The van der Waals surface area contributed by atoms with Crippen molar-refractivity contribution in [3.05, 3.63) is 58.9 Å². The van der Waals surface area contributed by atoms with Gasteiger partial charge in [-0.05, 0) is 54.8 Å². The molecule has 0 saturated heterocycles. The van der Waals surface area contributed by atoms with E-state index in [4.69, 9.17) is 0 Å². The van der Waals surface area contributed by atoms with Crippen LogP contribution in [0.5, 0.6) is 0 Å². The highest BCUT2D eigenvalue weighted by molar-refractivity contribution is 5.89. The molecule has 0 aliphatic rings. The van der Waals surface area contributed by atoms with Gasteiger partial charge in [0.2, 0.25) is 5.91 Å². The average Bonchev–Trinajstić information content (AvgIpc) is 2.42. The zero-order chi connectivity index (χ0) is 15.4. The van der Waals surface area contributed by atoms with E-state index in [0.29, 0.717) is 6.54 Å². The Balaban J connectivity index is 2.15. The maximum atomic E-state index is 13.3. The number of rotatable bonds is 4. The van der Waals surface area contributed by atoms with Crippen molar-refractivity contribution < 1.29 is 9.18 Å². The summed E-state index contributed by atoms with van der Waals surface area (Å²) >= 11 is 0. The summed E-state index contributed by atoms with van der Waals surface area (Å²) in [6, 6.07) is 10.4. The van der Waals surface area contributed by atoms with Crippen molar-refractivity contribution in [3.63, 3.8) is 0 Å². The van der Waals surface area contributed by atoms with Gasteiger partial charge < -0.3 is 10.6 Å². The van der Waals surface area contributed by atoms with Crippen LogP contribution < -0.4 is 10.6 Å². The zero-order valence-electron chi connectivity index (χ0n) is 12.5. The summed E-state index contributed by atoms with van der Waals surface area (Å²) in [7, 11) is 0. The van der Waals surface area contributed by atoms with Gasteiger partial charge in [0.1, 0.15) is 5.82 Å². The third-order valence-corrected chi connectivity index (χ3v) is 3.34. The van der Waals surface area contributed by atoms with Crippen LogP contribution in [0, 0.1) is 19.7 Å². The van der Waals surface area contributed by atoms with Gasteiger partial charge in [0.05, 0.1) is 0 Å². The quantitative estimate of drug-likeness (QED) is 0.891. The number of carbonyl (C=O) groups is 1. The maximum absolute atomic E-state index is 13.3. The molecule has 0 unspecified atom stereocenters. The highest BCUT2D eigenvalue weighted by Gasteiger charge is 2.04. The van der Waals surface area contributed by atoms with Crippen LogP contribution in [0.2, 0.25) is 0 Å². The summed E-state index contributed by atoms with van der Waals surface area (Å²) in [5.74, 6) is -0.341. The number of nitrogens with one attached hydrogen (secondary N) is 2. The predicted octanol–water partition coefficient (Wildman–Crippen LogP) is 4.01. The second-order valence-corrected chi connectivity index (χ2v) is 5.14. The van der Waals surface area contributed by atoms with Gasteiger partial charge in [-0.3, -0.25) is 4.79 Å². The third-order valence-electron chi connectivity index (χ3n) is 3.34. The molecular formula is C17H19FN2O. The lowest BCUT2D eigenvalue weighted by atomic mass is 10.1. The van der Waals surface area contributed by atoms with E-state index in [1.54, 1.807) is 6.07 Å². The fourth-order valence-electron chi connectivity index (χ4n) is 2.11. The second kappa shape index (κ2) is 6.39. The molecule has 0 atom stereocenters. The van der Waals surface area contributed by atoms with Gasteiger partial charge in [0, 0.05) is 24.8 Å². The van der Waals surface area contributed by atoms with E-state index in [1.165, 1.54) is 19.1 Å². The Morgan fingerprint density at radius 2 is 1.81 bits per heavy atom. The molecule has 2 rings (SSSR count). The molecule has 0 aliphatic carbocycles. The number of halogens is 1.